The van der Waals surface area contributed by atoms with Crippen LogP contribution in [0.15, 0.2) is 48.5 Å². The average molecular weight is 363 g/mol. The van der Waals surface area contributed by atoms with Crippen molar-refractivity contribution in [3.8, 4) is 11.8 Å². The number of ether oxygens (including phenoxy) is 1. The van der Waals surface area contributed by atoms with Crippen LogP contribution in [0.1, 0.15) is 23.1 Å². The van der Waals surface area contributed by atoms with Gasteiger partial charge in [0, 0.05) is 32.7 Å². The molecule has 0 saturated carbocycles. The Morgan fingerprint density at radius 2 is 1.85 bits per heavy atom. The van der Waals surface area contributed by atoms with Gasteiger partial charge in [-0.25, -0.2) is 0 Å². The molecule has 5 nitrogen and oxygen atoms in total. The molecule has 1 aliphatic heterocycles. The maximum absolute atomic E-state index is 12.5. The van der Waals surface area contributed by atoms with Crippen molar-refractivity contribution in [1.82, 2.24) is 9.80 Å². The van der Waals surface area contributed by atoms with Gasteiger partial charge in [0.1, 0.15) is 5.75 Å². The van der Waals surface area contributed by atoms with E-state index in [1.165, 1.54) is 11.1 Å². The Labute approximate surface area is 160 Å². The summed E-state index contributed by atoms with van der Waals surface area (Å²) >= 11 is 0. The third kappa shape index (κ3) is 5.32. The Morgan fingerprint density at radius 1 is 1.07 bits per heavy atom. The first-order valence-electron chi connectivity index (χ1n) is 9.33. The van der Waals surface area contributed by atoms with E-state index in [0.717, 1.165) is 39.1 Å². The maximum atomic E-state index is 12.5. The number of benzene rings is 2. The number of hydrogen-bond donors (Lipinski definition) is 0. The van der Waals surface area contributed by atoms with E-state index in [-0.39, 0.29) is 12.5 Å². The highest BCUT2D eigenvalue weighted by molar-refractivity contribution is 5.77. The molecule has 3 rings (SSSR count). The van der Waals surface area contributed by atoms with Crippen molar-refractivity contribution in [1.29, 1.82) is 5.26 Å². The molecule has 5 heteroatoms. The van der Waals surface area contributed by atoms with E-state index in [1.807, 2.05) is 4.90 Å². The standard InChI is InChI=1S/C22H25N3O2/c1-18-5-2-3-6-20(18)16-24-11-4-12-25(14-13-24)22(26)17-27-21-9-7-19(15-23)8-10-21/h2-3,5-10H,4,11-14,16-17H2,1H3. The second-order valence-electron chi connectivity index (χ2n) is 6.86. The third-order valence-electron chi connectivity index (χ3n) is 4.94. The summed E-state index contributed by atoms with van der Waals surface area (Å²) in [7, 11) is 0. The topological polar surface area (TPSA) is 56.6 Å². The van der Waals surface area contributed by atoms with Crippen molar-refractivity contribution in [3.05, 3.63) is 65.2 Å². The Kier molecular flexibility index (Phi) is 6.45. The van der Waals surface area contributed by atoms with Gasteiger partial charge < -0.3 is 9.64 Å². The summed E-state index contributed by atoms with van der Waals surface area (Å²) in [5.74, 6) is 0.621. The Morgan fingerprint density at radius 3 is 2.59 bits per heavy atom. The van der Waals surface area contributed by atoms with Crippen molar-refractivity contribution < 1.29 is 9.53 Å². The lowest BCUT2D eigenvalue weighted by Gasteiger charge is -2.22. The van der Waals surface area contributed by atoms with Gasteiger partial charge >= 0.3 is 0 Å². The molecule has 0 atom stereocenters. The summed E-state index contributed by atoms with van der Waals surface area (Å²) in [5.41, 5.74) is 3.24. The lowest BCUT2D eigenvalue weighted by molar-refractivity contribution is -0.133. The minimum atomic E-state index is 0.0112. The van der Waals surface area contributed by atoms with E-state index in [9.17, 15) is 4.79 Å². The number of nitrogens with zero attached hydrogens (tertiary/aromatic N) is 3. The molecule has 1 heterocycles. The van der Waals surface area contributed by atoms with E-state index in [2.05, 4.69) is 42.2 Å². The second kappa shape index (κ2) is 9.20. The summed E-state index contributed by atoms with van der Waals surface area (Å²) in [6, 6.07) is 17.3. The number of rotatable bonds is 5. The van der Waals surface area contributed by atoms with Crippen LogP contribution in [-0.2, 0) is 11.3 Å². The summed E-state index contributed by atoms with van der Waals surface area (Å²) in [6.45, 7) is 6.45. The molecule has 0 aromatic heterocycles. The number of carbonyl (C=O) groups is 1. The second-order valence-corrected chi connectivity index (χ2v) is 6.86. The molecule has 0 spiro atoms. The van der Waals surface area contributed by atoms with Crippen LogP contribution in [0.2, 0.25) is 0 Å². The quantitative estimate of drug-likeness (QED) is 0.819. The normalized spacial score (nSPS) is 15.0. The first-order valence-corrected chi connectivity index (χ1v) is 9.33. The number of aryl methyl sites for hydroxylation is 1. The predicted molar refractivity (Wildman–Crippen MR) is 104 cm³/mol. The first-order chi connectivity index (χ1) is 13.2. The van der Waals surface area contributed by atoms with Gasteiger partial charge in [0.05, 0.1) is 11.6 Å². The van der Waals surface area contributed by atoms with Gasteiger partial charge in [-0.3, -0.25) is 9.69 Å². The van der Waals surface area contributed by atoms with Crippen molar-refractivity contribution in [3.63, 3.8) is 0 Å². The first kappa shape index (κ1) is 18.9. The number of carbonyl (C=O) groups excluding carboxylic acids is 1. The number of hydrogen-bond acceptors (Lipinski definition) is 4. The lowest BCUT2D eigenvalue weighted by atomic mass is 10.1. The molecule has 1 saturated heterocycles. The molecule has 2 aromatic carbocycles. The molecule has 140 valence electrons. The molecule has 1 amide bonds. The molecule has 2 aromatic rings. The Balaban J connectivity index is 1.49. The minimum absolute atomic E-state index is 0.0112. The molecular formula is C22H25N3O2. The molecule has 0 radical (unpaired) electrons. The predicted octanol–water partition coefficient (Wildman–Crippen LogP) is 2.98. The number of amides is 1. The highest BCUT2D eigenvalue weighted by Crippen LogP contribution is 2.14. The molecular weight excluding hydrogens is 338 g/mol. The van der Waals surface area contributed by atoms with Crippen LogP contribution in [0, 0.1) is 18.3 Å². The zero-order chi connectivity index (χ0) is 19.1. The van der Waals surface area contributed by atoms with Gasteiger partial charge in [0.15, 0.2) is 6.61 Å². The highest BCUT2D eigenvalue weighted by atomic mass is 16.5. The summed E-state index contributed by atoms with van der Waals surface area (Å²) in [5, 5.41) is 8.82. The fourth-order valence-corrected chi connectivity index (χ4v) is 3.27. The third-order valence-corrected chi connectivity index (χ3v) is 4.94. The van der Waals surface area contributed by atoms with Crippen molar-refractivity contribution in [2.24, 2.45) is 0 Å². The van der Waals surface area contributed by atoms with Gasteiger partial charge in [-0.2, -0.15) is 5.26 Å². The zero-order valence-corrected chi connectivity index (χ0v) is 15.7. The summed E-state index contributed by atoms with van der Waals surface area (Å²) in [4.78, 5) is 16.8. The SMILES string of the molecule is Cc1ccccc1CN1CCCN(C(=O)COc2ccc(C#N)cc2)CC1. The summed E-state index contributed by atoms with van der Waals surface area (Å²) in [6.07, 6.45) is 0.967. The zero-order valence-electron chi connectivity index (χ0n) is 15.7. The van der Waals surface area contributed by atoms with Crippen molar-refractivity contribution in [2.45, 2.75) is 19.9 Å². The Hall–Kier alpha value is -2.84. The van der Waals surface area contributed by atoms with Crippen molar-refractivity contribution >= 4 is 5.91 Å². The van der Waals surface area contributed by atoms with Gasteiger partial charge in [-0.15, -0.1) is 0 Å². The van der Waals surface area contributed by atoms with E-state index in [4.69, 9.17) is 10.00 Å². The van der Waals surface area contributed by atoms with Gasteiger partial charge in [-0.05, 0) is 48.7 Å². The molecule has 0 bridgehead atoms. The van der Waals surface area contributed by atoms with Gasteiger partial charge in [0.2, 0.25) is 0 Å². The van der Waals surface area contributed by atoms with Gasteiger partial charge in [0.25, 0.3) is 5.91 Å². The largest absolute Gasteiger partial charge is 0.484 e. The Bertz CT molecular complexity index is 811. The minimum Gasteiger partial charge on any atom is -0.484 e. The lowest BCUT2D eigenvalue weighted by Crippen LogP contribution is -2.38. The number of nitriles is 1. The fourth-order valence-electron chi connectivity index (χ4n) is 3.27. The van der Waals surface area contributed by atoms with Crippen LogP contribution in [0.25, 0.3) is 0 Å². The van der Waals surface area contributed by atoms with Crippen LogP contribution in [0.5, 0.6) is 5.75 Å². The average Bonchev–Trinajstić information content (AvgIpc) is 2.94. The van der Waals surface area contributed by atoms with Gasteiger partial charge in [-0.1, -0.05) is 24.3 Å². The molecule has 1 fully saturated rings. The van der Waals surface area contributed by atoms with Crippen LogP contribution in [-0.4, -0.2) is 48.5 Å². The maximum Gasteiger partial charge on any atom is 0.260 e. The van der Waals surface area contributed by atoms with E-state index >= 15 is 0 Å². The molecule has 0 N–H and O–H groups in total. The van der Waals surface area contributed by atoms with E-state index in [0.29, 0.717) is 11.3 Å². The van der Waals surface area contributed by atoms with E-state index in [1.54, 1.807) is 24.3 Å². The molecule has 0 aliphatic carbocycles. The molecule has 0 unspecified atom stereocenters. The summed E-state index contributed by atoms with van der Waals surface area (Å²) < 4.78 is 5.59. The van der Waals surface area contributed by atoms with Crippen LogP contribution in [0.4, 0.5) is 0 Å². The van der Waals surface area contributed by atoms with E-state index < -0.39 is 0 Å². The van der Waals surface area contributed by atoms with Crippen LogP contribution in [0.3, 0.4) is 0 Å². The van der Waals surface area contributed by atoms with Crippen molar-refractivity contribution in [2.75, 3.05) is 32.8 Å². The van der Waals surface area contributed by atoms with Crippen LogP contribution < -0.4 is 4.74 Å². The fraction of sp³-hybridized carbons (Fsp3) is 0.364. The smallest absolute Gasteiger partial charge is 0.260 e. The highest BCUT2D eigenvalue weighted by Gasteiger charge is 2.19. The monoisotopic (exact) mass is 363 g/mol. The van der Waals surface area contributed by atoms with Crippen LogP contribution >= 0.6 is 0 Å². The molecule has 27 heavy (non-hydrogen) atoms. The molecule has 1 aliphatic rings.